The molecule has 0 radical (unpaired) electrons. The minimum atomic E-state index is 0.283. The van der Waals surface area contributed by atoms with Crippen molar-refractivity contribution in [2.75, 3.05) is 25.4 Å². The molecule has 2 aliphatic rings. The number of hydrogen-bond donors (Lipinski definition) is 0. The molecule has 6 rings (SSSR count). The van der Waals surface area contributed by atoms with E-state index in [1.165, 1.54) is 18.5 Å². The van der Waals surface area contributed by atoms with Crippen LogP contribution in [0.25, 0.3) is 22.3 Å². The lowest BCUT2D eigenvalue weighted by Gasteiger charge is -2.21. The minimum Gasteiger partial charge on any atom is -0.305 e. The average molecular weight is 525 g/mol. The number of aromatic nitrogens is 4. The fourth-order valence-electron chi connectivity index (χ4n) is 5.59. The number of rotatable bonds is 7. The summed E-state index contributed by atoms with van der Waals surface area (Å²) in [6.07, 6.45) is 2.38. The Bertz CT molecular complexity index is 1420. The molecule has 1 aliphatic heterocycles. The van der Waals surface area contributed by atoms with Crippen molar-refractivity contribution in [1.29, 1.82) is 0 Å². The van der Waals surface area contributed by atoms with Crippen molar-refractivity contribution in [3.05, 3.63) is 69.8 Å². The predicted octanol–water partition coefficient (Wildman–Crippen LogP) is 6.40. The van der Waals surface area contributed by atoms with Gasteiger partial charge in [0, 0.05) is 47.9 Å². The zero-order chi connectivity index (χ0) is 24.2. The third kappa shape index (κ3) is 4.25. The third-order valence-electron chi connectivity index (χ3n) is 7.51. The van der Waals surface area contributed by atoms with Crippen LogP contribution in [0.1, 0.15) is 24.1 Å². The van der Waals surface area contributed by atoms with E-state index in [1.807, 2.05) is 38.2 Å². The molecule has 35 heavy (non-hydrogen) atoms. The van der Waals surface area contributed by atoms with Crippen LogP contribution in [-0.4, -0.2) is 50.0 Å². The molecule has 3 heterocycles. The van der Waals surface area contributed by atoms with E-state index in [0.717, 1.165) is 64.3 Å². The highest BCUT2D eigenvalue weighted by atomic mass is 35.5. The number of pyridine rings is 1. The first-order valence-corrected chi connectivity index (χ1v) is 13.8. The van der Waals surface area contributed by atoms with E-state index in [9.17, 15) is 0 Å². The molecular formula is C27H27Cl2N5S. The van der Waals surface area contributed by atoms with Crippen LogP contribution in [0.2, 0.25) is 10.0 Å². The van der Waals surface area contributed by atoms with E-state index in [4.69, 9.17) is 23.2 Å². The molecule has 5 nitrogen and oxygen atoms in total. The molecule has 180 valence electrons. The standard InChI is InChI=1S/C27H27Cl2N5S/c1-17-7-9-20-21(5-3-6-24(20)30-17)25-31-32-26(33(25)2)35-12-4-11-34-15-19-14-27(19,16-34)18-8-10-22(28)23(29)13-18/h3,5-10,13,19H,4,11-12,14-16H2,1-2H3. The number of fused-ring (bicyclic) bond motifs is 2. The Labute approximate surface area is 219 Å². The summed E-state index contributed by atoms with van der Waals surface area (Å²) < 4.78 is 2.10. The van der Waals surface area contributed by atoms with Crippen molar-refractivity contribution in [3.8, 4) is 11.4 Å². The first-order valence-electron chi connectivity index (χ1n) is 12.0. The van der Waals surface area contributed by atoms with E-state index in [1.54, 1.807) is 11.8 Å². The molecule has 2 aromatic heterocycles. The first-order chi connectivity index (χ1) is 16.9. The summed E-state index contributed by atoms with van der Waals surface area (Å²) in [5.74, 6) is 2.64. The highest BCUT2D eigenvalue weighted by Gasteiger charge is 2.60. The Balaban J connectivity index is 1.07. The maximum Gasteiger partial charge on any atom is 0.191 e. The molecule has 8 heteroatoms. The summed E-state index contributed by atoms with van der Waals surface area (Å²) in [6.45, 7) is 5.41. The van der Waals surface area contributed by atoms with E-state index < -0.39 is 0 Å². The molecule has 1 saturated carbocycles. The number of nitrogens with zero attached hydrogens (tertiary/aromatic N) is 5. The molecule has 2 unspecified atom stereocenters. The Hall–Kier alpha value is -2.12. The smallest absolute Gasteiger partial charge is 0.191 e. The summed E-state index contributed by atoms with van der Waals surface area (Å²) in [4.78, 5) is 7.26. The fraction of sp³-hybridized carbons (Fsp3) is 0.370. The van der Waals surface area contributed by atoms with Crippen LogP contribution < -0.4 is 0 Å². The van der Waals surface area contributed by atoms with Crippen LogP contribution in [0.3, 0.4) is 0 Å². The lowest BCUT2D eigenvalue weighted by atomic mass is 9.95. The largest absolute Gasteiger partial charge is 0.305 e. The number of benzene rings is 2. The number of hydrogen-bond acceptors (Lipinski definition) is 5. The van der Waals surface area contributed by atoms with Crippen molar-refractivity contribution in [2.45, 2.75) is 30.3 Å². The lowest BCUT2D eigenvalue weighted by molar-refractivity contribution is 0.299. The van der Waals surface area contributed by atoms with E-state index in [2.05, 4.69) is 48.9 Å². The molecule has 4 aromatic rings. The first kappa shape index (κ1) is 23.3. The van der Waals surface area contributed by atoms with Gasteiger partial charge in [0.2, 0.25) is 0 Å². The molecular weight excluding hydrogens is 497 g/mol. The van der Waals surface area contributed by atoms with Gasteiger partial charge in [-0.05, 0) is 62.1 Å². The quantitative estimate of drug-likeness (QED) is 0.207. The van der Waals surface area contributed by atoms with Crippen molar-refractivity contribution < 1.29 is 0 Å². The van der Waals surface area contributed by atoms with Gasteiger partial charge in [-0.15, -0.1) is 10.2 Å². The topological polar surface area (TPSA) is 46.8 Å². The Morgan fingerprint density at radius 2 is 1.97 bits per heavy atom. The van der Waals surface area contributed by atoms with Crippen molar-refractivity contribution in [1.82, 2.24) is 24.6 Å². The van der Waals surface area contributed by atoms with Crippen molar-refractivity contribution in [3.63, 3.8) is 0 Å². The summed E-state index contributed by atoms with van der Waals surface area (Å²) >= 11 is 14.2. The Morgan fingerprint density at radius 1 is 1.09 bits per heavy atom. The van der Waals surface area contributed by atoms with Gasteiger partial charge < -0.3 is 9.47 Å². The second-order valence-electron chi connectivity index (χ2n) is 9.81. The third-order valence-corrected chi connectivity index (χ3v) is 9.35. The van der Waals surface area contributed by atoms with Gasteiger partial charge in [0.1, 0.15) is 0 Å². The van der Waals surface area contributed by atoms with E-state index in [-0.39, 0.29) is 5.41 Å². The Kier molecular flexibility index (Phi) is 6.04. The molecule has 1 saturated heterocycles. The molecule has 2 aromatic carbocycles. The van der Waals surface area contributed by atoms with Gasteiger partial charge in [0.15, 0.2) is 11.0 Å². The van der Waals surface area contributed by atoms with Gasteiger partial charge in [-0.1, -0.05) is 59.2 Å². The second-order valence-corrected chi connectivity index (χ2v) is 11.7. The molecule has 2 fully saturated rings. The van der Waals surface area contributed by atoms with Gasteiger partial charge in [0.05, 0.1) is 15.6 Å². The molecule has 1 aliphatic carbocycles. The summed E-state index contributed by atoms with van der Waals surface area (Å²) in [7, 11) is 2.05. The minimum absolute atomic E-state index is 0.283. The number of thioether (sulfide) groups is 1. The van der Waals surface area contributed by atoms with Gasteiger partial charge >= 0.3 is 0 Å². The van der Waals surface area contributed by atoms with Gasteiger partial charge in [0.25, 0.3) is 0 Å². The number of likely N-dealkylation sites (tertiary alicyclic amines) is 1. The van der Waals surface area contributed by atoms with Gasteiger partial charge in [-0.25, -0.2) is 0 Å². The number of piperidine rings is 1. The van der Waals surface area contributed by atoms with Crippen LogP contribution in [-0.2, 0) is 12.5 Å². The predicted molar refractivity (Wildman–Crippen MR) is 145 cm³/mol. The van der Waals surface area contributed by atoms with E-state index >= 15 is 0 Å². The summed E-state index contributed by atoms with van der Waals surface area (Å²) in [5.41, 5.74) is 4.70. The molecule has 0 amide bonds. The van der Waals surface area contributed by atoms with Crippen LogP contribution in [0.4, 0.5) is 0 Å². The maximum atomic E-state index is 6.29. The Morgan fingerprint density at radius 3 is 2.83 bits per heavy atom. The summed E-state index contributed by atoms with van der Waals surface area (Å²) in [5, 5.41) is 12.4. The van der Waals surface area contributed by atoms with Crippen LogP contribution in [0, 0.1) is 12.8 Å². The molecule has 0 spiro atoms. The molecule has 0 bridgehead atoms. The van der Waals surface area contributed by atoms with Gasteiger partial charge in [-0.2, -0.15) is 0 Å². The maximum absolute atomic E-state index is 6.29. The monoisotopic (exact) mass is 523 g/mol. The number of aryl methyl sites for hydroxylation is 1. The van der Waals surface area contributed by atoms with Crippen LogP contribution in [0.15, 0.2) is 53.7 Å². The highest BCUT2D eigenvalue weighted by molar-refractivity contribution is 7.99. The normalized spacial score (nSPS) is 21.5. The second kappa shape index (κ2) is 9.07. The van der Waals surface area contributed by atoms with Crippen molar-refractivity contribution >= 4 is 45.9 Å². The zero-order valence-electron chi connectivity index (χ0n) is 19.8. The average Bonchev–Trinajstić information content (AvgIpc) is 3.22. The van der Waals surface area contributed by atoms with Gasteiger partial charge in [-0.3, -0.25) is 4.98 Å². The highest BCUT2D eigenvalue weighted by Crippen LogP contribution is 2.59. The fourth-order valence-corrected chi connectivity index (χ4v) is 6.72. The summed E-state index contributed by atoms with van der Waals surface area (Å²) in [6, 6.07) is 16.5. The molecule has 2 atom stereocenters. The number of halogens is 2. The van der Waals surface area contributed by atoms with Crippen LogP contribution >= 0.6 is 35.0 Å². The SMILES string of the molecule is Cc1ccc2c(-c3nnc(SCCCN4CC5CC5(c5ccc(Cl)c(Cl)c5)C4)n3C)cccc2n1. The van der Waals surface area contributed by atoms with Crippen molar-refractivity contribution in [2.24, 2.45) is 13.0 Å². The van der Waals surface area contributed by atoms with Crippen LogP contribution in [0.5, 0.6) is 0 Å². The molecule has 0 N–H and O–H groups in total. The van der Waals surface area contributed by atoms with E-state index in [0.29, 0.717) is 10.0 Å². The zero-order valence-corrected chi connectivity index (χ0v) is 22.2. The lowest BCUT2D eigenvalue weighted by Crippen LogP contribution is -2.27.